The van der Waals surface area contributed by atoms with E-state index < -0.39 is 21.1 Å². The summed E-state index contributed by atoms with van der Waals surface area (Å²) in [6.45, 7) is 1.70. The van der Waals surface area contributed by atoms with Gasteiger partial charge in [-0.1, -0.05) is 24.6 Å². The molecule has 108 valence electrons. The van der Waals surface area contributed by atoms with E-state index in [2.05, 4.69) is 25.6 Å². The predicted molar refractivity (Wildman–Crippen MR) is 80.8 cm³/mol. The Morgan fingerprint density at radius 2 is 2.20 bits per heavy atom. The molecule has 0 saturated carbocycles. The van der Waals surface area contributed by atoms with Crippen LogP contribution >= 0.6 is 27.5 Å². The first kappa shape index (κ1) is 15.5. The Morgan fingerprint density at radius 3 is 2.90 bits per heavy atom. The Labute approximate surface area is 129 Å². The van der Waals surface area contributed by atoms with Gasteiger partial charge in [0.05, 0.1) is 5.69 Å². The van der Waals surface area contributed by atoms with Crippen molar-refractivity contribution in [2.45, 2.75) is 12.2 Å². The average molecular weight is 382 g/mol. The van der Waals surface area contributed by atoms with Gasteiger partial charge in [0.1, 0.15) is 11.1 Å². The van der Waals surface area contributed by atoms with Gasteiger partial charge in [0.2, 0.25) is 10.0 Å². The molecule has 1 aliphatic rings. The van der Waals surface area contributed by atoms with Crippen molar-refractivity contribution in [3.05, 3.63) is 45.9 Å². The van der Waals surface area contributed by atoms with Crippen LogP contribution in [0.2, 0.25) is 5.15 Å². The molecule has 1 aromatic rings. The summed E-state index contributed by atoms with van der Waals surface area (Å²) >= 11 is 9.03. The standard InChI is InChI=1S/C12H11BrClFN2O2S/c1-7-2-3-9(15)5-11(7)20(18,19)17-10-4-8(13)6-16-12(10)14/h2-7,11,17H,1H3. The molecular formula is C12H11BrClFN2O2S. The van der Waals surface area contributed by atoms with Crippen LogP contribution in [0.1, 0.15) is 6.92 Å². The highest BCUT2D eigenvalue weighted by molar-refractivity contribution is 9.10. The van der Waals surface area contributed by atoms with Crippen LogP contribution in [0, 0.1) is 5.92 Å². The van der Waals surface area contributed by atoms with E-state index in [1.807, 2.05) is 0 Å². The number of hydrogen-bond acceptors (Lipinski definition) is 3. The van der Waals surface area contributed by atoms with Crippen molar-refractivity contribution < 1.29 is 12.8 Å². The summed E-state index contributed by atoms with van der Waals surface area (Å²) in [5.41, 5.74) is 0.150. The summed E-state index contributed by atoms with van der Waals surface area (Å²) in [4.78, 5) is 3.83. The Morgan fingerprint density at radius 1 is 1.50 bits per heavy atom. The first-order chi connectivity index (χ1) is 9.29. The zero-order valence-corrected chi connectivity index (χ0v) is 13.5. The van der Waals surface area contributed by atoms with E-state index in [4.69, 9.17) is 11.6 Å². The summed E-state index contributed by atoms with van der Waals surface area (Å²) in [7, 11) is -3.82. The topological polar surface area (TPSA) is 59.1 Å². The lowest BCUT2D eigenvalue weighted by Crippen LogP contribution is -2.32. The van der Waals surface area contributed by atoms with E-state index in [0.717, 1.165) is 6.08 Å². The maximum atomic E-state index is 13.3. The summed E-state index contributed by atoms with van der Waals surface area (Å²) in [6.07, 6.45) is 5.29. The number of pyridine rings is 1. The molecule has 0 aliphatic heterocycles. The molecule has 2 rings (SSSR count). The van der Waals surface area contributed by atoms with E-state index in [-0.39, 0.29) is 16.8 Å². The number of allylic oxidation sites excluding steroid dienone is 3. The summed E-state index contributed by atoms with van der Waals surface area (Å²) in [5.74, 6) is -0.914. The van der Waals surface area contributed by atoms with Crippen molar-refractivity contribution in [2.24, 2.45) is 5.92 Å². The van der Waals surface area contributed by atoms with Gasteiger partial charge in [0, 0.05) is 10.7 Å². The Balaban J connectivity index is 2.32. The lowest BCUT2D eigenvalue weighted by molar-refractivity contribution is 0.567. The van der Waals surface area contributed by atoms with Crippen molar-refractivity contribution in [3.63, 3.8) is 0 Å². The quantitative estimate of drug-likeness (QED) is 0.813. The molecule has 0 radical (unpaired) electrons. The number of nitrogens with one attached hydrogen (secondary N) is 1. The lowest BCUT2D eigenvalue weighted by atomic mass is 10.0. The van der Waals surface area contributed by atoms with Crippen LogP contribution in [0.4, 0.5) is 10.1 Å². The van der Waals surface area contributed by atoms with Crippen LogP contribution < -0.4 is 4.72 Å². The Bertz CT molecular complexity index is 691. The molecule has 8 heteroatoms. The number of nitrogens with zero attached hydrogens (tertiary/aromatic N) is 1. The third-order valence-corrected chi connectivity index (χ3v) is 5.34. The second-order valence-corrected chi connectivity index (χ2v) is 7.49. The molecule has 2 unspecified atom stereocenters. The smallest absolute Gasteiger partial charge is 0.240 e. The minimum Gasteiger partial charge on any atom is -0.280 e. The molecule has 1 heterocycles. The second-order valence-electron chi connectivity index (χ2n) is 4.37. The normalized spacial score (nSPS) is 22.5. The highest BCUT2D eigenvalue weighted by Gasteiger charge is 2.31. The van der Waals surface area contributed by atoms with Crippen molar-refractivity contribution in [1.29, 1.82) is 0 Å². The largest absolute Gasteiger partial charge is 0.280 e. The van der Waals surface area contributed by atoms with Crippen molar-refractivity contribution in [2.75, 3.05) is 4.72 Å². The zero-order chi connectivity index (χ0) is 14.9. The van der Waals surface area contributed by atoms with Gasteiger partial charge in [0.15, 0.2) is 5.15 Å². The highest BCUT2D eigenvalue weighted by Crippen LogP contribution is 2.28. The minimum atomic E-state index is -3.82. The van der Waals surface area contributed by atoms with Gasteiger partial charge in [-0.15, -0.1) is 0 Å². The number of anilines is 1. The first-order valence-corrected chi connectivity index (χ1v) is 8.39. The molecule has 1 N–H and O–H groups in total. The van der Waals surface area contributed by atoms with Crippen LogP contribution in [0.3, 0.4) is 0 Å². The van der Waals surface area contributed by atoms with Gasteiger partial charge < -0.3 is 0 Å². The molecule has 20 heavy (non-hydrogen) atoms. The molecule has 1 aromatic heterocycles. The van der Waals surface area contributed by atoms with Gasteiger partial charge in [-0.25, -0.2) is 17.8 Å². The van der Waals surface area contributed by atoms with Crippen LogP contribution in [0.25, 0.3) is 0 Å². The van der Waals surface area contributed by atoms with Gasteiger partial charge in [-0.05, 0) is 40.1 Å². The van der Waals surface area contributed by atoms with Crippen LogP contribution in [-0.2, 0) is 10.0 Å². The number of rotatable bonds is 3. The molecule has 0 aromatic carbocycles. The first-order valence-electron chi connectivity index (χ1n) is 5.68. The monoisotopic (exact) mass is 380 g/mol. The van der Waals surface area contributed by atoms with Crippen molar-refractivity contribution in [3.8, 4) is 0 Å². The molecule has 0 saturated heterocycles. The van der Waals surface area contributed by atoms with Gasteiger partial charge in [-0.3, -0.25) is 4.72 Å². The number of sulfonamides is 1. The third kappa shape index (κ3) is 3.39. The molecule has 0 amide bonds. The molecule has 1 aliphatic carbocycles. The minimum absolute atomic E-state index is 0.0280. The van der Waals surface area contributed by atoms with Gasteiger partial charge in [-0.2, -0.15) is 0 Å². The van der Waals surface area contributed by atoms with E-state index in [0.29, 0.717) is 4.47 Å². The summed E-state index contributed by atoms with van der Waals surface area (Å²) in [5, 5.41) is -0.970. The van der Waals surface area contributed by atoms with E-state index in [9.17, 15) is 12.8 Å². The van der Waals surface area contributed by atoms with Crippen LogP contribution in [0.15, 0.2) is 40.8 Å². The Hall–Kier alpha value is -0.920. The van der Waals surface area contributed by atoms with Crippen LogP contribution in [0.5, 0.6) is 0 Å². The maximum Gasteiger partial charge on any atom is 0.240 e. The SMILES string of the molecule is CC1C=CC(F)=CC1S(=O)(=O)Nc1cc(Br)cnc1Cl. The van der Waals surface area contributed by atoms with E-state index in [1.54, 1.807) is 6.92 Å². The number of halogens is 3. The van der Waals surface area contributed by atoms with E-state index >= 15 is 0 Å². The highest BCUT2D eigenvalue weighted by atomic mass is 79.9. The molecule has 2 atom stereocenters. The van der Waals surface area contributed by atoms with Gasteiger partial charge in [0.25, 0.3) is 0 Å². The third-order valence-electron chi connectivity index (χ3n) is 2.82. The van der Waals surface area contributed by atoms with Crippen molar-refractivity contribution >= 4 is 43.2 Å². The predicted octanol–water partition coefficient (Wildman–Crippen LogP) is 3.67. The fourth-order valence-electron chi connectivity index (χ4n) is 1.81. The van der Waals surface area contributed by atoms with E-state index in [1.165, 1.54) is 24.4 Å². The summed E-state index contributed by atoms with van der Waals surface area (Å²) < 4.78 is 40.8. The number of aromatic nitrogens is 1. The fourth-order valence-corrected chi connectivity index (χ4v) is 3.91. The fraction of sp³-hybridized carbons (Fsp3) is 0.250. The lowest BCUT2D eigenvalue weighted by Gasteiger charge is -2.22. The molecule has 0 bridgehead atoms. The van der Waals surface area contributed by atoms with Crippen molar-refractivity contribution in [1.82, 2.24) is 4.98 Å². The molecule has 4 nitrogen and oxygen atoms in total. The molecular weight excluding hydrogens is 371 g/mol. The number of hydrogen-bond donors (Lipinski definition) is 1. The molecule has 0 spiro atoms. The Kier molecular flexibility index (Phi) is 4.51. The van der Waals surface area contributed by atoms with Crippen LogP contribution in [-0.4, -0.2) is 18.7 Å². The second kappa shape index (κ2) is 5.83. The molecule has 0 fully saturated rings. The maximum absolute atomic E-state index is 13.3. The zero-order valence-electron chi connectivity index (χ0n) is 10.3. The van der Waals surface area contributed by atoms with Gasteiger partial charge >= 0.3 is 0 Å². The summed E-state index contributed by atoms with van der Waals surface area (Å²) in [6, 6.07) is 1.50. The average Bonchev–Trinajstić information content (AvgIpc) is 2.36.